The zero-order chi connectivity index (χ0) is 12.5. The van der Waals surface area contributed by atoms with Crippen LogP contribution in [0, 0.1) is 0 Å². The molecular weight excluding hydrogens is 226 g/mol. The van der Waals surface area contributed by atoms with E-state index in [9.17, 15) is 4.79 Å². The standard InChI is InChI=1S/C14H13N3O/c15-11-7-4-8-12-13(11)16-14(18)17(12)9-10-5-2-1-3-6-10/h1-8H,9,15H2,(H,16,18). The second-order valence-corrected chi connectivity index (χ2v) is 4.24. The number of H-pyrrole nitrogens is 1. The summed E-state index contributed by atoms with van der Waals surface area (Å²) in [6.45, 7) is 0.545. The average molecular weight is 239 g/mol. The number of nitrogens with zero attached hydrogens (tertiary/aromatic N) is 1. The van der Waals surface area contributed by atoms with Crippen LogP contribution in [0.15, 0.2) is 53.3 Å². The fourth-order valence-electron chi connectivity index (χ4n) is 2.13. The highest BCUT2D eigenvalue weighted by Gasteiger charge is 2.08. The number of fused-ring (bicyclic) bond motifs is 1. The molecule has 0 saturated carbocycles. The van der Waals surface area contributed by atoms with Gasteiger partial charge in [0, 0.05) is 0 Å². The first-order chi connectivity index (χ1) is 8.75. The molecule has 2 aromatic carbocycles. The summed E-state index contributed by atoms with van der Waals surface area (Å²) in [6.07, 6.45) is 0. The van der Waals surface area contributed by atoms with Crippen LogP contribution in [0.25, 0.3) is 11.0 Å². The van der Waals surface area contributed by atoms with Gasteiger partial charge in [0.1, 0.15) is 0 Å². The van der Waals surface area contributed by atoms with Crippen LogP contribution < -0.4 is 11.4 Å². The van der Waals surface area contributed by atoms with Gasteiger partial charge in [0.25, 0.3) is 0 Å². The first-order valence-electron chi connectivity index (χ1n) is 5.76. The van der Waals surface area contributed by atoms with E-state index in [1.165, 1.54) is 0 Å². The number of rotatable bonds is 2. The van der Waals surface area contributed by atoms with Gasteiger partial charge >= 0.3 is 5.69 Å². The number of nitrogen functional groups attached to an aromatic ring is 1. The van der Waals surface area contributed by atoms with Gasteiger partial charge in [-0.15, -0.1) is 0 Å². The molecule has 18 heavy (non-hydrogen) atoms. The van der Waals surface area contributed by atoms with Crippen LogP contribution in [0.1, 0.15) is 5.56 Å². The minimum atomic E-state index is -0.133. The maximum absolute atomic E-state index is 11.9. The van der Waals surface area contributed by atoms with Gasteiger partial charge in [-0.1, -0.05) is 36.4 Å². The van der Waals surface area contributed by atoms with Crippen molar-refractivity contribution in [3.8, 4) is 0 Å². The van der Waals surface area contributed by atoms with Crippen LogP contribution in [0.5, 0.6) is 0 Å². The molecule has 3 N–H and O–H groups in total. The number of benzene rings is 2. The van der Waals surface area contributed by atoms with Crippen molar-refractivity contribution in [1.82, 2.24) is 9.55 Å². The van der Waals surface area contributed by atoms with Crippen LogP contribution in [-0.2, 0) is 6.54 Å². The number of nitrogens with one attached hydrogen (secondary N) is 1. The number of anilines is 1. The molecule has 1 heterocycles. The lowest BCUT2D eigenvalue weighted by molar-refractivity contribution is 0.787. The van der Waals surface area contributed by atoms with Crippen molar-refractivity contribution < 1.29 is 0 Å². The lowest BCUT2D eigenvalue weighted by atomic mass is 10.2. The minimum Gasteiger partial charge on any atom is -0.397 e. The van der Waals surface area contributed by atoms with Gasteiger partial charge in [-0.3, -0.25) is 4.57 Å². The maximum Gasteiger partial charge on any atom is 0.326 e. The molecule has 0 spiro atoms. The van der Waals surface area contributed by atoms with Crippen molar-refractivity contribution in [3.05, 3.63) is 64.6 Å². The second-order valence-electron chi connectivity index (χ2n) is 4.24. The van der Waals surface area contributed by atoms with Gasteiger partial charge in [-0.2, -0.15) is 0 Å². The van der Waals surface area contributed by atoms with E-state index in [0.717, 1.165) is 11.1 Å². The summed E-state index contributed by atoms with van der Waals surface area (Å²) in [5.41, 5.74) is 8.94. The fourth-order valence-corrected chi connectivity index (χ4v) is 2.13. The van der Waals surface area contributed by atoms with Crippen molar-refractivity contribution >= 4 is 16.7 Å². The van der Waals surface area contributed by atoms with Gasteiger partial charge in [0.15, 0.2) is 0 Å². The Balaban J connectivity index is 2.15. The van der Waals surface area contributed by atoms with Crippen LogP contribution in [0.3, 0.4) is 0 Å². The Morgan fingerprint density at radius 3 is 2.61 bits per heavy atom. The summed E-state index contributed by atoms with van der Waals surface area (Å²) < 4.78 is 1.70. The summed E-state index contributed by atoms with van der Waals surface area (Å²) in [4.78, 5) is 14.7. The zero-order valence-electron chi connectivity index (χ0n) is 9.76. The normalized spacial score (nSPS) is 10.9. The molecule has 0 amide bonds. The van der Waals surface area contributed by atoms with Crippen molar-refractivity contribution in [2.45, 2.75) is 6.54 Å². The molecule has 90 valence electrons. The number of para-hydroxylation sites is 1. The molecule has 0 aliphatic heterocycles. The lowest BCUT2D eigenvalue weighted by Gasteiger charge is -2.03. The lowest BCUT2D eigenvalue weighted by Crippen LogP contribution is -2.17. The molecular formula is C14H13N3O. The van der Waals surface area contributed by atoms with Crippen LogP contribution in [0.4, 0.5) is 5.69 Å². The molecule has 4 nitrogen and oxygen atoms in total. The average Bonchev–Trinajstić information content (AvgIpc) is 2.70. The number of hydrogen-bond acceptors (Lipinski definition) is 2. The number of nitrogens with two attached hydrogens (primary N) is 1. The number of aromatic nitrogens is 2. The Morgan fingerprint density at radius 2 is 1.83 bits per heavy atom. The largest absolute Gasteiger partial charge is 0.397 e. The quantitative estimate of drug-likeness (QED) is 0.671. The van der Waals surface area contributed by atoms with E-state index in [1.807, 2.05) is 42.5 Å². The molecule has 1 aromatic heterocycles. The Bertz CT molecular complexity index is 741. The molecule has 3 rings (SSSR count). The number of imidazole rings is 1. The molecule has 0 aliphatic rings. The van der Waals surface area contributed by atoms with Crippen LogP contribution >= 0.6 is 0 Å². The summed E-state index contributed by atoms with van der Waals surface area (Å²) in [7, 11) is 0. The van der Waals surface area contributed by atoms with Gasteiger partial charge in [0.05, 0.1) is 23.3 Å². The maximum atomic E-state index is 11.9. The van der Waals surface area contributed by atoms with Crippen molar-refractivity contribution in [2.24, 2.45) is 0 Å². The van der Waals surface area contributed by atoms with Gasteiger partial charge < -0.3 is 10.7 Å². The Kier molecular flexibility index (Phi) is 2.41. The van der Waals surface area contributed by atoms with E-state index in [4.69, 9.17) is 5.73 Å². The summed E-state index contributed by atoms with van der Waals surface area (Å²) in [5, 5.41) is 0. The predicted molar refractivity (Wildman–Crippen MR) is 72.5 cm³/mol. The smallest absolute Gasteiger partial charge is 0.326 e. The molecule has 0 unspecified atom stereocenters. The van der Waals surface area contributed by atoms with Crippen molar-refractivity contribution in [3.63, 3.8) is 0 Å². The van der Waals surface area contributed by atoms with Crippen LogP contribution in [0.2, 0.25) is 0 Å². The van der Waals surface area contributed by atoms with E-state index in [2.05, 4.69) is 4.98 Å². The zero-order valence-corrected chi connectivity index (χ0v) is 9.76. The van der Waals surface area contributed by atoms with Crippen molar-refractivity contribution in [1.29, 1.82) is 0 Å². The fraction of sp³-hybridized carbons (Fsp3) is 0.0714. The van der Waals surface area contributed by atoms with Gasteiger partial charge in [0.2, 0.25) is 0 Å². The highest BCUT2D eigenvalue weighted by atomic mass is 16.1. The van der Waals surface area contributed by atoms with Crippen LogP contribution in [-0.4, -0.2) is 9.55 Å². The third-order valence-corrected chi connectivity index (χ3v) is 3.03. The van der Waals surface area contributed by atoms with E-state index < -0.39 is 0 Å². The Morgan fingerprint density at radius 1 is 1.06 bits per heavy atom. The SMILES string of the molecule is Nc1cccc2c1[nH]c(=O)n2Cc1ccccc1. The molecule has 0 bridgehead atoms. The molecule has 0 radical (unpaired) electrons. The van der Waals surface area contributed by atoms with Gasteiger partial charge in [-0.05, 0) is 17.7 Å². The van der Waals surface area contributed by atoms with E-state index in [-0.39, 0.29) is 5.69 Å². The third-order valence-electron chi connectivity index (χ3n) is 3.03. The molecule has 4 heteroatoms. The summed E-state index contributed by atoms with van der Waals surface area (Å²) >= 11 is 0. The topological polar surface area (TPSA) is 63.8 Å². The molecule has 0 atom stereocenters. The summed E-state index contributed by atoms with van der Waals surface area (Å²) in [5.74, 6) is 0. The first-order valence-corrected chi connectivity index (χ1v) is 5.76. The molecule has 0 fully saturated rings. The van der Waals surface area contributed by atoms with E-state index in [0.29, 0.717) is 17.7 Å². The van der Waals surface area contributed by atoms with Gasteiger partial charge in [-0.25, -0.2) is 4.79 Å². The molecule has 0 saturated heterocycles. The van der Waals surface area contributed by atoms with Crippen molar-refractivity contribution in [2.75, 3.05) is 5.73 Å². The molecule has 3 aromatic rings. The summed E-state index contributed by atoms with van der Waals surface area (Å²) in [6, 6.07) is 15.4. The monoisotopic (exact) mass is 239 g/mol. The predicted octanol–water partition coefficient (Wildman–Crippen LogP) is 1.96. The third kappa shape index (κ3) is 1.68. The minimum absolute atomic E-state index is 0.133. The van der Waals surface area contributed by atoms with E-state index in [1.54, 1.807) is 10.6 Å². The molecule has 0 aliphatic carbocycles. The highest BCUT2D eigenvalue weighted by molar-refractivity contribution is 5.87. The number of aromatic amines is 1. The number of hydrogen-bond donors (Lipinski definition) is 2. The Hall–Kier alpha value is -2.49. The second kappa shape index (κ2) is 4.07. The van der Waals surface area contributed by atoms with E-state index >= 15 is 0 Å². The Labute approximate surface area is 104 Å². The first kappa shape index (κ1) is 10.7. The highest BCUT2D eigenvalue weighted by Crippen LogP contribution is 2.17.